The van der Waals surface area contributed by atoms with Gasteiger partial charge < -0.3 is 19.7 Å². The molecular weight excluding hydrogens is 599 g/mol. The quantitative estimate of drug-likeness (QED) is 0.269. The molecular formula is C31H30F3N3O6S. The van der Waals surface area contributed by atoms with Crippen LogP contribution >= 0.6 is 11.8 Å². The van der Waals surface area contributed by atoms with E-state index in [1.807, 2.05) is 12.1 Å². The van der Waals surface area contributed by atoms with E-state index in [1.54, 1.807) is 69.3 Å². The lowest BCUT2D eigenvalue weighted by Crippen LogP contribution is -2.70. The molecule has 0 spiro atoms. The summed E-state index contributed by atoms with van der Waals surface area (Å²) in [5.41, 5.74) is 0.746. The van der Waals surface area contributed by atoms with Gasteiger partial charge in [-0.25, -0.2) is 9.59 Å². The summed E-state index contributed by atoms with van der Waals surface area (Å²) in [4.78, 5) is 54.2. The number of nitrogens with one attached hydrogen (secondary N) is 1. The van der Waals surface area contributed by atoms with Crippen LogP contribution in [-0.2, 0) is 23.9 Å². The van der Waals surface area contributed by atoms with E-state index in [1.165, 1.54) is 22.7 Å². The second kappa shape index (κ2) is 12.0. The molecule has 2 aromatic carbocycles. The highest BCUT2D eigenvalue weighted by molar-refractivity contribution is 8.00. The van der Waals surface area contributed by atoms with Crippen molar-refractivity contribution in [1.29, 1.82) is 0 Å². The molecule has 3 aliphatic rings. The van der Waals surface area contributed by atoms with Crippen molar-refractivity contribution in [2.75, 3.05) is 18.8 Å². The molecule has 0 bridgehead atoms. The third-order valence-electron chi connectivity index (χ3n) is 6.93. The lowest BCUT2D eigenvalue weighted by Gasteiger charge is -2.49. The zero-order chi connectivity index (χ0) is 31.8. The minimum absolute atomic E-state index is 0.0765. The number of allylic oxidation sites excluding steroid dienone is 1. The lowest BCUT2D eigenvalue weighted by atomic mass is 9.98. The van der Waals surface area contributed by atoms with Gasteiger partial charge in [-0.1, -0.05) is 60.7 Å². The normalized spacial score (nSPS) is 21.1. The summed E-state index contributed by atoms with van der Waals surface area (Å²) < 4.78 is 49.9. The number of carbonyl (C=O) groups excluding carboxylic acids is 4. The lowest BCUT2D eigenvalue weighted by molar-refractivity contribution is -0.164. The Morgan fingerprint density at radius 2 is 1.61 bits per heavy atom. The molecule has 44 heavy (non-hydrogen) atoms. The molecule has 2 atom stereocenters. The molecule has 3 amide bonds. The molecule has 0 aliphatic carbocycles. The van der Waals surface area contributed by atoms with Gasteiger partial charge in [-0.15, -0.1) is 11.8 Å². The van der Waals surface area contributed by atoms with Crippen molar-refractivity contribution in [3.8, 4) is 0 Å². The summed E-state index contributed by atoms with van der Waals surface area (Å²) in [6, 6.07) is 17.0. The summed E-state index contributed by atoms with van der Waals surface area (Å²) in [6.07, 6.45) is -4.83. The van der Waals surface area contributed by atoms with Crippen LogP contribution in [0.2, 0.25) is 0 Å². The van der Waals surface area contributed by atoms with Gasteiger partial charge >= 0.3 is 18.2 Å². The number of benzene rings is 2. The smallest absolute Gasteiger partial charge is 0.408 e. The predicted octanol–water partition coefficient (Wildman–Crippen LogP) is 4.71. The molecule has 0 saturated carbocycles. The van der Waals surface area contributed by atoms with E-state index in [2.05, 4.69) is 5.32 Å². The van der Waals surface area contributed by atoms with Crippen LogP contribution in [0.4, 0.5) is 18.0 Å². The first-order valence-corrected chi connectivity index (χ1v) is 14.8. The zero-order valence-corrected chi connectivity index (χ0v) is 24.9. The van der Waals surface area contributed by atoms with E-state index in [4.69, 9.17) is 9.47 Å². The molecule has 0 aromatic heterocycles. The molecule has 13 heteroatoms. The van der Waals surface area contributed by atoms with Crippen LogP contribution in [0.25, 0.3) is 0 Å². The molecule has 3 aliphatic heterocycles. The van der Waals surface area contributed by atoms with Crippen molar-refractivity contribution in [3.63, 3.8) is 0 Å². The zero-order valence-electron chi connectivity index (χ0n) is 24.1. The van der Waals surface area contributed by atoms with Crippen molar-refractivity contribution < 1.29 is 41.8 Å². The fourth-order valence-corrected chi connectivity index (χ4v) is 6.35. The number of likely N-dealkylation sites (tertiary alicyclic amines) is 1. The maximum absolute atomic E-state index is 14.0. The number of nitrogens with zero attached hydrogens (tertiary/aromatic N) is 2. The van der Waals surface area contributed by atoms with E-state index in [0.29, 0.717) is 16.0 Å². The molecule has 5 rings (SSSR count). The Bertz CT molecular complexity index is 1480. The summed E-state index contributed by atoms with van der Waals surface area (Å²) in [6.45, 7) is 3.40. The fraction of sp³-hybridized carbons (Fsp3) is 0.355. The maximum atomic E-state index is 14.0. The monoisotopic (exact) mass is 629 g/mol. The standard InChI is InChI=1S/C31H30F3N3O6S/c1-30(2,3)43-29(41)35-22-26(39)37-23(21(16-44-27(22)37)14-20-15-36(25(20)38)17-31(32,33)34)28(40)42-24(18-10-6-4-7-11-18)19-12-8-5-9-13-19/h4-14,22,24,27H,15-17H2,1-3H3,(H,35,41)/b20-14+/t22-,27-/m1/s1. The van der Waals surface area contributed by atoms with Crippen molar-refractivity contribution in [2.24, 2.45) is 0 Å². The number of alkyl carbamates (subject to hydrolysis) is 1. The number of carbonyl (C=O) groups is 4. The Hall–Kier alpha value is -4.26. The number of fused-ring (bicyclic) bond motifs is 1. The summed E-state index contributed by atoms with van der Waals surface area (Å²) in [5, 5.41) is 1.88. The molecule has 0 unspecified atom stereocenters. The van der Waals surface area contributed by atoms with Gasteiger partial charge in [-0.2, -0.15) is 13.2 Å². The average Bonchev–Trinajstić information content (AvgIpc) is 2.96. The molecule has 232 valence electrons. The third kappa shape index (κ3) is 6.77. The highest BCUT2D eigenvalue weighted by Gasteiger charge is 2.55. The Morgan fingerprint density at radius 1 is 1.02 bits per heavy atom. The Kier molecular flexibility index (Phi) is 8.52. The van der Waals surface area contributed by atoms with Crippen LogP contribution in [0, 0.1) is 0 Å². The van der Waals surface area contributed by atoms with E-state index in [0.717, 1.165) is 0 Å². The number of β-lactam (4-membered cyclic amide) rings is 2. The Balaban J connectivity index is 1.46. The van der Waals surface area contributed by atoms with Gasteiger partial charge in [0.1, 0.15) is 29.3 Å². The average molecular weight is 630 g/mol. The number of hydrogen-bond donors (Lipinski definition) is 1. The molecule has 1 N–H and O–H groups in total. The highest BCUT2D eigenvalue weighted by Crippen LogP contribution is 2.43. The number of ether oxygens (including phenoxy) is 2. The minimum Gasteiger partial charge on any atom is -0.448 e. The predicted molar refractivity (Wildman–Crippen MR) is 155 cm³/mol. The topological polar surface area (TPSA) is 105 Å². The van der Waals surface area contributed by atoms with Crippen LogP contribution in [0.15, 0.2) is 83.6 Å². The molecule has 2 fully saturated rings. The first kappa shape index (κ1) is 31.2. The maximum Gasteiger partial charge on any atom is 0.408 e. The van der Waals surface area contributed by atoms with Gasteiger partial charge in [-0.05, 0) is 43.5 Å². The van der Waals surface area contributed by atoms with E-state index >= 15 is 0 Å². The van der Waals surface area contributed by atoms with Crippen LogP contribution < -0.4 is 5.32 Å². The fourth-order valence-electron chi connectivity index (χ4n) is 5.04. The van der Waals surface area contributed by atoms with E-state index in [9.17, 15) is 32.3 Å². The first-order chi connectivity index (χ1) is 20.7. The van der Waals surface area contributed by atoms with Crippen LogP contribution in [-0.4, -0.2) is 75.7 Å². The molecule has 0 radical (unpaired) electrons. The summed E-state index contributed by atoms with van der Waals surface area (Å²) in [7, 11) is 0. The highest BCUT2D eigenvalue weighted by atomic mass is 32.2. The number of rotatable bonds is 7. The van der Waals surface area contributed by atoms with E-state index in [-0.39, 0.29) is 29.1 Å². The Labute approximate surface area is 256 Å². The largest absolute Gasteiger partial charge is 0.448 e. The SMILES string of the molecule is CC(C)(C)OC(=O)N[C@@H]1C(=O)N2C(C(=O)OC(c3ccccc3)c3ccccc3)=C(/C=C3\CN(CC(F)(F)F)C3=O)CS[C@H]12. The van der Waals surface area contributed by atoms with Crippen LogP contribution in [0.3, 0.4) is 0 Å². The number of thioether (sulfide) groups is 1. The van der Waals surface area contributed by atoms with Crippen molar-refractivity contribution in [2.45, 2.75) is 50.1 Å². The second-order valence-corrected chi connectivity index (χ2v) is 12.6. The number of hydrogen-bond acceptors (Lipinski definition) is 7. The summed E-state index contributed by atoms with van der Waals surface area (Å²) in [5.74, 6) is -2.13. The first-order valence-electron chi connectivity index (χ1n) is 13.8. The number of alkyl halides is 3. The molecule has 9 nitrogen and oxygen atoms in total. The summed E-state index contributed by atoms with van der Waals surface area (Å²) >= 11 is 1.23. The van der Waals surface area contributed by atoms with Gasteiger partial charge in [0, 0.05) is 11.3 Å². The third-order valence-corrected chi connectivity index (χ3v) is 8.24. The van der Waals surface area contributed by atoms with Crippen molar-refractivity contribution in [1.82, 2.24) is 15.1 Å². The van der Waals surface area contributed by atoms with Gasteiger partial charge in [-0.3, -0.25) is 14.5 Å². The van der Waals surface area contributed by atoms with Crippen molar-refractivity contribution >= 4 is 35.6 Å². The minimum atomic E-state index is -4.55. The molecule has 2 aromatic rings. The van der Waals surface area contributed by atoms with Crippen LogP contribution in [0.1, 0.15) is 38.0 Å². The van der Waals surface area contributed by atoms with E-state index < -0.39 is 59.7 Å². The van der Waals surface area contributed by atoms with Crippen LogP contribution in [0.5, 0.6) is 0 Å². The van der Waals surface area contributed by atoms with Gasteiger partial charge in [0.2, 0.25) is 0 Å². The second-order valence-electron chi connectivity index (χ2n) is 11.5. The molecule has 2 saturated heterocycles. The Morgan fingerprint density at radius 3 is 2.14 bits per heavy atom. The molecule has 3 heterocycles. The van der Waals surface area contributed by atoms with Gasteiger partial charge in [0.15, 0.2) is 6.10 Å². The van der Waals surface area contributed by atoms with Gasteiger partial charge in [0.25, 0.3) is 11.8 Å². The van der Waals surface area contributed by atoms with Crippen molar-refractivity contribution in [3.05, 3.63) is 94.7 Å². The van der Waals surface area contributed by atoms with Gasteiger partial charge in [0.05, 0.1) is 6.54 Å². The number of amides is 3. The number of halogens is 3. The number of esters is 1.